The number of halogens is 1. The fraction of sp³-hybridized carbons (Fsp3) is 0.333. The van der Waals surface area contributed by atoms with Gasteiger partial charge in [-0.25, -0.2) is 9.97 Å². The van der Waals surface area contributed by atoms with Gasteiger partial charge in [0.1, 0.15) is 11.4 Å². The molecule has 0 spiro atoms. The summed E-state index contributed by atoms with van der Waals surface area (Å²) in [5.41, 5.74) is 1.81. The van der Waals surface area contributed by atoms with E-state index in [2.05, 4.69) is 36.9 Å². The van der Waals surface area contributed by atoms with Crippen molar-refractivity contribution < 1.29 is 9.90 Å². The van der Waals surface area contributed by atoms with Crippen LogP contribution in [0.3, 0.4) is 0 Å². The summed E-state index contributed by atoms with van der Waals surface area (Å²) in [6.45, 7) is 5.09. The standard InChI is InChI=1S/C21H23ClN6O2/c1-14-13-27(9-10-28(14)17-11-15(22)3-4-19(17)30)8-5-18(29)16-12-25-26-20(16)21-23-6-2-7-24-21/h2-4,6-7,11-12,14,30H,5,8-10,13H2,1H3,(H,25,26). The number of carbonyl (C=O) groups excluding carboxylic acids is 1. The molecular formula is C21H23ClN6O2. The number of piperazine rings is 1. The molecule has 0 saturated carbocycles. The number of phenolic OH excluding ortho intramolecular Hbond substituents is 1. The molecule has 1 aromatic carbocycles. The van der Waals surface area contributed by atoms with Crippen molar-refractivity contribution in [2.75, 3.05) is 31.1 Å². The second-order valence-corrected chi connectivity index (χ2v) is 7.82. The number of hydrogen-bond donors (Lipinski definition) is 2. The van der Waals surface area contributed by atoms with Crippen LogP contribution < -0.4 is 4.90 Å². The third kappa shape index (κ3) is 4.29. The Balaban J connectivity index is 1.37. The number of rotatable bonds is 6. The van der Waals surface area contributed by atoms with Crippen molar-refractivity contribution in [2.45, 2.75) is 19.4 Å². The highest BCUT2D eigenvalue weighted by Crippen LogP contribution is 2.32. The van der Waals surface area contributed by atoms with E-state index >= 15 is 0 Å². The van der Waals surface area contributed by atoms with Gasteiger partial charge < -0.3 is 10.0 Å². The molecule has 1 aliphatic heterocycles. The van der Waals surface area contributed by atoms with Crippen LogP contribution in [0, 0.1) is 0 Å². The Morgan fingerprint density at radius 2 is 2.10 bits per heavy atom. The maximum Gasteiger partial charge on any atom is 0.178 e. The molecule has 0 amide bonds. The summed E-state index contributed by atoms with van der Waals surface area (Å²) in [7, 11) is 0. The van der Waals surface area contributed by atoms with Crippen molar-refractivity contribution in [3.05, 3.63) is 53.4 Å². The summed E-state index contributed by atoms with van der Waals surface area (Å²) in [6.07, 6.45) is 5.19. The number of Topliss-reactive ketones (excluding diaryl/α,β-unsaturated/α-hetero) is 1. The lowest BCUT2D eigenvalue weighted by Gasteiger charge is -2.41. The molecule has 4 rings (SSSR count). The molecule has 2 aromatic heterocycles. The molecule has 1 saturated heterocycles. The average Bonchev–Trinajstić information content (AvgIpc) is 3.25. The first-order chi connectivity index (χ1) is 14.5. The number of nitrogens with one attached hydrogen (secondary N) is 1. The molecule has 9 heteroatoms. The van der Waals surface area contributed by atoms with Crippen molar-refractivity contribution in [2.24, 2.45) is 0 Å². The fourth-order valence-electron chi connectivity index (χ4n) is 3.81. The molecule has 2 N–H and O–H groups in total. The highest BCUT2D eigenvalue weighted by Gasteiger charge is 2.26. The number of ketones is 1. The van der Waals surface area contributed by atoms with Gasteiger partial charge in [0, 0.05) is 56.1 Å². The van der Waals surface area contributed by atoms with E-state index in [-0.39, 0.29) is 17.6 Å². The Labute approximate surface area is 179 Å². The van der Waals surface area contributed by atoms with Crippen LogP contribution >= 0.6 is 11.6 Å². The maximum atomic E-state index is 12.8. The van der Waals surface area contributed by atoms with Crippen LogP contribution in [0.4, 0.5) is 5.69 Å². The number of aromatic amines is 1. The van der Waals surface area contributed by atoms with E-state index in [1.54, 1.807) is 36.7 Å². The zero-order valence-electron chi connectivity index (χ0n) is 16.6. The lowest BCUT2D eigenvalue weighted by Crippen LogP contribution is -2.52. The summed E-state index contributed by atoms with van der Waals surface area (Å²) in [5.74, 6) is 0.696. The predicted octanol–water partition coefficient (Wildman–Crippen LogP) is 3.01. The number of aromatic hydroxyl groups is 1. The minimum Gasteiger partial charge on any atom is -0.506 e. The molecular weight excluding hydrogens is 404 g/mol. The van der Waals surface area contributed by atoms with E-state index in [0.29, 0.717) is 35.1 Å². The molecule has 156 valence electrons. The highest BCUT2D eigenvalue weighted by molar-refractivity contribution is 6.30. The third-order valence-corrected chi connectivity index (χ3v) is 5.58. The van der Waals surface area contributed by atoms with Crippen LogP contribution in [-0.2, 0) is 0 Å². The number of H-pyrrole nitrogens is 1. The molecule has 30 heavy (non-hydrogen) atoms. The Bertz CT molecular complexity index is 1030. The van der Waals surface area contributed by atoms with E-state index in [1.165, 1.54) is 6.20 Å². The molecule has 0 radical (unpaired) electrons. The number of phenols is 1. The summed E-state index contributed by atoms with van der Waals surface area (Å²) in [6, 6.07) is 7.00. The molecule has 3 heterocycles. The maximum absolute atomic E-state index is 12.8. The molecule has 0 aliphatic carbocycles. The quantitative estimate of drug-likeness (QED) is 0.584. The first-order valence-corrected chi connectivity index (χ1v) is 10.2. The largest absolute Gasteiger partial charge is 0.506 e. The lowest BCUT2D eigenvalue weighted by molar-refractivity contribution is 0.0959. The number of benzene rings is 1. The van der Waals surface area contributed by atoms with Gasteiger partial charge in [0.05, 0.1) is 17.4 Å². The predicted molar refractivity (Wildman–Crippen MR) is 115 cm³/mol. The second-order valence-electron chi connectivity index (χ2n) is 7.38. The van der Waals surface area contributed by atoms with E-state index in [1.807, 2.05) is 0 Å². The zero-order chi connectivity index (χ0) is 21.1. The van der Waals surface area contributed by atoms with E-state index in [9.17, 15) is 9.90 Å². The molecule has 1 aliphatic rings. The summed E-state index contributed by atoms with van der Waals surface area (Å²) in [4.78, 5) is 25.6. The fourth-order valence-corrected chi connectivity index (χ4v) is 3.98. The minimum absolute atomic E-state index is 0.00812. The van der Waals surface area contributed by atoms with E-state index in [4.69, 9.17) is 11.6 Å². The van der Waals surface area contributed by atoms with E-state index in [0.717, 1.165) is 25.3 Å². The van der Waals surface area contributed by atoms with Crippen LogP contribution in [0.1, 0.15) is 23.7 Å². The molecule has 0 bridgehead atoms. The van der Waals surface area contributed by atoms with Gasteiger partial charge in [-0.1, -0.05) is 11.6 Å². The normalized spacial score (nSPS) is 17.3. The van der Waals surface area contributed by atoms with Gasteiger partial charge in [-0.05, 0) is 31.2 Å². The molecule has 8 nitrogen and oxygen atoms in total. The van der Waals surface area contributed by atoms with Gasteiger partial charge in [-0.15, -0.1) is 0 Å². The SMILES string of the molecule is CC1CN(CCC(=O)c2cn[nH]c2-c2ncccn2)CCN1c1cc(Cl)ccc1O. The summed E-state index contributed by atoms with van der Waals surface area (Å²) >= 11 is 6.10. The number of hydrogen-bond acceptors (Lipinski definition) is 7. The molecule has 3 aromatic rings. The summed E-state index contributed by atoms with van der Waals surface area (Å²) in [5, 5.41) is 17.6. The number of nitrogens with zero attached hydrogens (tertiary/aromatic N) is 5. The monoisotopic (exact) mass is 426 g/mol. The third-order valence-electron chi connectivity index (χ3n) is 5.34. The molecule has 1 unspecified atom stereocenters. The van der Waals surface area contributed by atoms with Crippen molar-refractivity contribution in [1.82, 2.24) is 25.1 Å². The van der Waals surface area contributed by atoms with Crippen LogP contribution in [0.25, 0.3) is 11.5 Å². The summed E-state index contributed by atoms with van der Waals surface area (Å²) < 4.78 is 0. The van der Waals surface area contributed by atoms with Gasteiger partial charge in [0.25, 0.3) is 0 Å². The van der Waals surface area contributed by atoms with Crippen molar-refractivity contribution in [3.8, 4) is 17.3 Å². The van der Waals surface area contributed by atoms with Gasteiger partial charge in [0.15, 0.2) is 11.6 Å². The average molecular weight is 427 g/mol. The smallest absolute Gasteiger partial charge is 0.178 e. The topological polar surface area (TPSA) is 98.2 Å². The van der Waals surface area contributed by atoms with Crippen LogP contribution in [0.15, 0.2) is 42.9 Å². The van der Waals surface area contributed by atoms with Crippen LogP contribution in [0.2, 0.25) is 5.02 Å². The van der Waals surface area contributed by atoms with Crippen molar-refractivity contribution in [1.29, 1.82) is 0 Å². The Hall–Kier alpha value is -2.97. The van der Waals surface area contributed by atoms with Gasteiger partial charge in [0.2, 0.25) is 0 Å². The molecule has 1 fully saturated rings. The van der Waals surface area contributed by atoms with Gasteiger partial charge in [-0.3, -0.25) is 14.8 Å². The zero-order valence-corrected chi connectivity index (χ0v) is 17.4. The number of anilines is 1. The number of carbonyl (C=O) groups is 1. The van der Waals surface area contributed by atoms with Crippen molar-refractivity contribution >= 4 is 23.1 Å². The Kier molecular flexibility index (Phi) is 5.96. The first kappa shape index (κ1) is 20.3. The van der Waals surface area contributed by atoms with Crippen LogP contribution in [0.5, 0.6) is 5.75 Å². The van der Waals surface area contributed by atoms with E-state index < -0.39 is 0 Å². The second kappa shape index (κ2) is 8.81. The highest BCUT2D eigenvalue weighted by atomic mass is 35.5. The Morgan fingerprint density at radius 3 is 2.87 bits per heavy atom. The Morgan fingerprint density at radius 1 is 1.30 bits per heavy atom. The van der Waals surface area contributed by atoms with Gasteiger partial charge >= 0.3 is 0 Å². The van der Waals surface area contributed by atoms with Crippen LogP contribution in [-0.4, -0.2) is 68.2 Å². The van der Waals surface area contributed by atoms with Gasteiger partial charge in [-0.2, -0.15) is 5.10 Å². The first-order valence-electron chi connectivity index (χ1n) is 9.84. The lowest BCUT2D eigenvalue weighted by atomic mass is 10.1. The van der Waals surface area contributed by atoms with Crippen molar-refractivity contribution in [3.63, 3.8) is 0 Å². The number of aromatic nitrogens is 4. The molecule has 1 atom stereocenters. The minimum atomic E-state index is 0.00812.